The summed E-state index contributed by atoms with van der Waals surface area (Å²) in [5, 5.41) is 7.25. The molecule has 0 bridgehead atoms. The van der Waals surface area contributed by atoms with E-state index in [4.69, 9.17) is 15.0 Å². The predicted molar refractivity (Wildman–Crippen MR) is 214 cm³/mol. The second-order valence-electron chi connectivity index (χ2n) is 13.3. The fourth-order valence-corrected chi connectivity index (χ4v) is 8.06. The van der Waals surface area contributed by atoms with E-state index < -0.39 is 0 Å². The van der Waals surface area contributed by atoms with Crippen LogP contribution in [0.2, 0.25) is 0 Å². The number of nitrogens with zero attached hydrogens (tertiary/aromatic N) is 5. The van der Waals surface area contributed by atoms with E-state index in [0.717, 1.165) is 55.5 Å². The molecule has 5 nitrogen and oxygen atoms in total. The molecular formula is C47H29N5. The van der Waals surface area contributed by atoms with Gasteiger partial charge in [-0.15, -0.1) is 0 Å². The summed E-state index contributed by atoms with van der Waals surface area (Å²) in [7, 11) is 0. The van der Waals surface area contributed by atoms with Crippen LogP contribution in [0.25, 0.3) is 99.4 Å². The lowest BCUT2D eigenvalue weighted by atomic mass is 9.98. The van der Waals surface area contributed by atoms with Crippen molar-refractivity contribution in [2.45, 2.75) is 0 Å². The molecule has 0 atom stereocenters. The van der Waals surface area contributed by atoms with Gasteiger partial charge in [-0.3, -0.25) is 9.55 Å². The Kier molecular flexibility index (Phi) is 6.18. The number of aromatic nitrogens is 5. The molecule has 242 valence electrons. The van der Waals surface area contributed by atoms with Crippen LogP contribution in [0.3, 0.4) is 0 Å². The van der Waals surface area contributed by atoms with E-state index in [1.54, 1.807) is 6.20 Å². The lowest BCUT2D eigenvalue weighted by molar-refractivity contribution is 1.01. The maximum absolute atomic E-state index is 5.23. The number of hydrogen-bond acceptors (Lipinski definition) is 3. The van der Waals surface area contributed by atoms with Gasteiger partial charge in [-0.05, 0) is 70.4 Å². The minimum absolute atomic E-state index is 0.620. The van der Waals surface area contributed by atoms with Crippen LogP contribution >= 0.6 is 0 Å². The van der Waals surface area contributed by atoms with Crippen molar-refractivity contribution in [1.82, 2.24) is 24.1 Å². The zero-order valence-corrected chi connectivity index (χ0v) is 28.0. The first-order valence-corrected chi connectivity index (χ1v) is 17.5. The van der Waals surface area contributed by atoms with Gasteiger partial charge in [0.25, 0.3) is 0 Å². The molecule has 4 aromatic heterocycles. The van der Waals surface area contributed by atoms with Crippen molar-refractivity contribution < 1.29 is 0 Å². The molecule has 4 heterocycles. The van der Waals surface area contributed by atoms with Crippen LogP contribution in [-0.2, 0) is 0 Å². The third kappa shape index (κ3) is 4.26. The van der Waals surface area contributed by atoms with Crippen molar-refractivity contribution >= 4 is 65.4 Å². The average Bonchev–Trinajstić information content (AvgIpc) is 3.73. The molecule has 0 fully saturated rings. The third-order valence-electron chi connectivity index (χ3n) is 10.4. The summed E-state index contributed by atoms with van der Waals surface area (Å²) in [6.45, 7) is 0. The van der Waals surface area contributed by atoms with Crippen molar-refractivity contribution in [2.75, 3.05) is 0 Å². The van der Waals surface area contributed by atoms with E-state index >= 15 is 0 Å². The van der Waals surface area contributed by atoms with Gasteiger partial charge < -0.3 is 4.57 Å². The van der Waals surface area contributed by atoms with Gasteiger partial charge in [-0.25, -0.2) is 9.97 Å². The second kappa shape index (κ2) is 11.2. The van der Waals surface area contributed by atoms with Crippen LogP contribution in [0.4, 0.5) is 0 Å². The fourth-order valence-electron chi connectivity index (χ4n) is 8.06. The molecule has 0 aliphatic carbocycles. The molecule has 0 N–H and O–H groups in total. The Morgan fingerprint density at radius 1 is 0.423 bits per heavy atom. The summed E-state index contributed by atoms with van der Waals surface area (Å²) in [5.41, 5.74) is 11.3. The van der Waals surface area contributed by atoms with E-state index in [0.29, 0.717) is 5.95 Å². The maximum atomic E-state index is 5.23. The fraction of sp³-hybridized carbons (Fsp3) is 0. The normalized spacial score (nSPS) is 11.8. The predicted octanol–water partition coefficient (Wildman–Crippen LogP) is 11.7. The molecular weight excluding hydrogens is 635 g/mol. The van der Waals surface area contributed by atoms with Crippen LogP contribution in [0.5, 0.6) is 0 Å². The van der Waals surface area contributed by atoms with Crippen molar-refractivity contribution in [3.05, 3.63) is 176 Å². The van der Waals surface area contributed by atoms with Gasteiger partial charge in [0.1, 0.15) is 11.2 Å². The molecule has 0 saturated heterocycles. The van der Waals surface area contributed by atoms with Crippen LogP contribution in [-0.4, -0.2) is 24.1 Å². The largest absolute Gasteiger partial charge is 0.309 e. The molecule has 0 aliphatic heterocycles. The summed E-state index contributed by atoms with van der Waals surface area (Å²) >= 11 is 0. The average molecular weight is 664 g/mol. The van der Waals surface area contributed by atoms with E-state index in [2.05, 4.69) is 149 Å². The molecule has 5 heteroatoms. The number of para-hydroxylation sites is 2. The summed E-state index contributed by atoms with van der Waals surface area (Å²) in [5.74, 6) is 0.620. The Morgan fingerprint density at radius 3 is 2.04 bits per heavy atom. The monoisotopic (exact) mass is 663 g/mol. The Balaban J connectivity index is 1.17. The summed E-state index contributed by atoms with van der Waals surface area (Å²) in [6.07, 6.45) is 1.81. The van der Waals surface area contributed by atoms with E-state index in [1.807, 2.05) is 30.3 Å². The van der Waals surface area contributed by atoms with Gasteiger partial charge in [0, 0.05) is 39.0 Å². The smallest absolute Gasteiger partial charge is 0.235 e. The van der Waals surface area contributed by atoms with Crippen molar-refractivity contribution in [3.8, 4) is 34.0 Å². The number of hydrogen-bond donors (Lipinski definition) is 0. The van der Waals surface area contributed by atoms with Crippen molar-refractivity contribution in [3.63, 3.8) is 0 Å². The van der Waals surface area contributed by atoms with Crippen molar-refractivity contribution in [1.29, 1.82) is 0 Å². The number of fused-ring (bicyclic) bond motifs is 8. The lowest BCUT2D eigenvalue weighted by Crippen LogP contribution is -2.04. The molecule has 11 aromatic rings. The van der Waals surface area contributed by atoms with E-state index in [1.165, 1.54) is 38.0 Å². The highest BCUT2D eigenvalue weighted by Crippen LogP contribution is 2.41. The van der Waals surface area contributed by atoms with Gasteiger partial charge >= 0.3 is 0 Å². The minimum Gasteiger partial charge on any atom is -0.309 e. The first kappa shape index (κ1) is 28.7. The molecule has 11 rings (SSSR count). The molecule has 0 amide bonds. The number of rotatable bonds is 4. The van der Waals surface area contributed by atoms with Crippen LogP contribution in [0.1, 0.15) is 0 Å². The Labute approximate surface area is 298 Å². The van der Waals surface area contributed by atoms with Gasteiger partial charge in [0.2, 0.25) is 5.95 Å². The quantitative estimate of drug-likeness (QED) is 0.188. The van der Waals surface area contributed by atoms with Gasteiger partial charge in [-0.1, -0.05) is 121 Å². The number of pyridine rings is 1. The molecule has 0 unspecified atom stereocenters. The zero-order valence-electron chi connectivity index (χ0n) is 28.0. The second-order valence-corrected chi connectivity index (χ2v) is 13.3. The minimum atomic E-state index is 0.620. The Morgan fingerprint density at radius 2 is 1.15 bits per heavy atom. The summed E-state index contributed by atoms with van der Waals surface area (Å²) in [6, 6.07) is 60.3. The third-order valence-corrected chi connectivity index (χ3v) is 10.4. The van der Waals surface area contributed by atoms with Crippen molar-refractivity contribution in [2.24, 2.45) is 0 Å². The molecule has 7 aromatic carbocycles. The maximum Gasteiger partial charge on any atom is 0.235 e. The molecule has 0 aliphatic rings. The highest BCUT2D eigenvalue weighted by atomic mass is 15.2. The molecule has 0 spiro atoms. The number of benzene rings is 7. The topological polar surface area (TPSA) is 48.5 Å². The Hall–Kier alpha value is -7.11. The molecule has 0 radical (unpaired) electrons. The van der Waals surface area contributed by atoms with E-state index in [-0.39, 0.29) is 0 Å². The van der Waals surface area contributed by atoms with Gasteiger partial charge in [0.05, 0.1) is 27.6 Å². The van der Waals surface area contributed by atoms with E-state index in [9.17, 15) is 0 Å². The highest BCUT2D eigenvalue weighted by molar-refractivity contribution is 6.17. The van der Waals surface area contributed by atoms with Crippen LogP contribution < -0.4 is 0 Å². The highest BCUT2D eigenvalue weighted by Gasteiger charge is 2.21. The first-order chi connectivity index (χ1) is 25.8. The summed E-state index contributed by atoms with van der Waals surface area (Å²) < 4.78 is 4.61. The van der Waals surface area contributed by atoms with Gasteiger partial charge in [0.15, 0.2) is 0 Å². The van der Waals surface area contributed by atoms with Crippen LogP contribution in [0, 0.1) is 0 Å². The zero-order chi connectivity index (χ0) is 34.2. The van der Waals surface area contributed by atoms with Crippen LogP contribution in [0.15, 0.2) is 176 Å². The first-order valence-electron chi connectivity index (χ1n) is 17.5. The van der Waals surface area contributed by atoms with Gasteiger partial charge in [-0.2, -0.15) is 0 Å². The standard InChI is InChI=1S/C47H29N5/c1-2-13-31(14-3-1)45-46-39(19-11-27-48-46)49-47(50-45)52-41-21-9-7-17-38(41)44-35(18-10-22-42(44)52)33-24-26-37-36-16-6-8-20-40(36)51(43(37)29-33)34-25-23-30-12-4-5-15-32(30)28-34/h1-29H. The lowest BCUT2D eigenvalue weighted by Gasteiger charge is -2.12. The SMILES string of the molecule is c1ccc(-c2nc(-n3c4ccccc4c4c(-c5ccc6c7ccccc7n(-c7ccc8ccccc8c7)c6c5)cccc43)nc3cccnc23)cc1. The molecule has 52 heavy (non-hydrogen) atoms. The summed E-state index contributed by atoms with van der Waals surface area (Å²) in [4.78, 5) is 15.1. The Bertz CT molecular complexity index is 3190. The molecule has 0 saturated carbocycles.